The number of aryl methyl sites for hydroxylation is 1. The fraction of sp³-hybridized carbons (Fsp3) is 0.273. The van der Waals surface area contributed by atoms with Gasteiger partial charge in [-0.2, -0.15) is 5.10 Å². The van der Waals surface area contributed by atoms with E-state index in [9.17, 15) is 4.79 Å². The number of nitrogens with one attached hydrogen (secondary N) is 1. The standard InChI is InChI=1S/C22H25N3O/c1-15(2)18-10-12-19(13-11-18)23-22(26)14-21-16(3)24-25(17(21)4)20-8-6-5-7-9-20/h5-13,15H,14H2,1-4H3,(H,23,26). The molecule has 0 radical (unpaired) electrons. The lowest BCUT2D eigenvalue weighted by Gasteiger charge is -2.09. The van der Waals surface area contributed by atoms with Crippen LogP contribution in [-0.2, 0) is 11.2 Å². The Bertz CT molecular complexity index is 893. The van der Waals surface area contributed by atoms with Gasteiger partial charge in [-0.15, -0.1) is 0 Å². The molecule has 4 heteroatoms. The minimum atomic E-state index is -0.0268. The lowest BCUT2D eigenvalue weighted by atomic mass is 10.0. The zero-order valence-electron chi connectivity index (χ0n) is 15.8. The van der Waals surface area contributed by atoms with Crippen molar-refractivity contribution in [1.82, 2.24) is 9.78 Å². The van der Waals surface area contributed by atoms with E-state index in [1.807, 2.05) is 61.0 Å². The molecule has 0 saturated carbocycles. The average molecular weight is 347 g/mol. The van der Waals surface area contributed by atoms with Crippen molar-refractivity contribution in [3.05, 3.63) is 77.1 Å². The SMILES string of the molecule is Cc1nn(-c2ccccc2)c(C)c1CC(=O)Nc1ccc(C(C)C)cc1. The number of anilines is 1. The molecule has 26 heavy (non-hydrogen) atoms. The second-order valence-electron chi connectivity index (χ2n) is 6.90. The Morgan fingerprint density at radius 2 is 1.69 bits per heavy atom. The lowest BCUT2D eigenvalue weighted by molar-refractivity contribution is -0.115. The number of para-hydroxylation sites is 1. The first-order valence-corrected chi connectivity index (χ1v) is 8.96. The molecular weight excluding hydrogens is 322 g/mol. The van der Waals surface area contributed by atoms with Gasteiger partial charge in [-0.3, -0.25) is 4.79 Å². The van der Waals surface area contributed by atoms with Gasteiger partial charge in [0.15, 0.2) is 0 Å². The van der Waals surface area contributed by atoms with Crippen molar-refractivity contribution in [2.24, 2.45) is 0 Å². The molecule has 1 aromatic heterocycles. The highest BCUT2D eigenvalue weighted by molar-refractivity contribution is 5.92. The first-order valence-electron chi connectivity index (χ1n) is 8.96. The van der Waals surface area contributed by atoms with Gasteiger partial charge in [0.2, 0.25) is 5.91 Å². The van der Waals surface area contributed by atoms with Gasteiger partial charge in [-0.25, -0.2) is 4.68 Å². The fourth-order valence-electron chi connectivity index (χ4n) is 3.07. The van der Waals surface area contributed by atoms with Crippen LogP contribution in [0.4, 0.5) is 5.69 Å². The highest BCUT2D eigenvalue weighted by Crippen LogP contribution is 2.20. The van der Waals surface area contributed by atoms with Crippen LogP contribution in [0.15, 0.2) is 54.6 Å². The van der Waals surface area contributed by atoms with Crippen molar-refractivity contribution in [3.63, 3.8) is 0 Å². The van der Waals surface area contributed by atoms with Crippen LogP contribution in [0.1, 0.15) is 42.3 Å². The number of carbonyl (C=O) groups excluding carboxylic acids is 1. The summed E-state index contributed by atoms with van der Waals surface area (Å²) in [6, 6.07) is 18.0. The van der Waals surface area contributed by atoms with E-state index in [4.69, 9.17) is 0 Å². The highest BCUT2D eigenvalue weighted by atomic mass is 16.1. The molecule has 3 aromatic rings. The Morgan fingerprint density at radius 1 is 1.04 bits per heavy atom. The lowest BCUT2D eigenvalue weighted by Crippen LogP contribution is -2.15. The summed E-state index contributed by atoms with van der Waals surface area (Å²) >= 11 is 0. The largest absolute Gasteiger partial charge is 0.326 e. The topological polar surface area (TPSA) is 46.9 Å². The molecule has 0 aliphatic rings. The quantitative estimate of drug-likeness (QED) is 0.721. The van der Waals surface area contributed by atoms with E-state index in [0.29, 0.717) is 12.3 Å². The number of hydrogen-bond acceptors (Lipinski definition) is 2. The average Bonchev–Trinajstić information content (AvgIpc) is 2.91. The highest BCUT2D eigenvalue weighted by Gasteiger charge is 2.16. The molecular formula is C22H25N3O. The molecule has 3 rings (SSSR count). The molecule has 134 valence electrons. The number of nitrogens with zero attached hydrogens (tertiary/aromatic N) is 2. The van der Waals surface area contributed by atoms with E-state index in [0.717, 1.165) is 28.3 Å². The third-order valence-corrected chi connectivity index (χ3v) is 4.64. The van der Waals surface area contributed by atoms with E-state index in [-0.39, 0.29) is 5.91 Å². The molecule has 0 aliphatic heterocycles. The van der Waals surface area contributed by atoms with E-state index >= 15 is 0 Å². The molecule has 0 aliphatic carbocycles. The summed E-state index contributed by atoms with van der Waals surface area (Å²) in [5, 5.41) is 7.59. The normalized spacial score (nSPS) is 11.0. The van der Waals surface area contributed by atoms with Crippen LogP contribution >= 0.6 is 0 Å². The monoisotopic (exact) mass is 347 g/mol. The minimum absolute atomic E-state index is 0.0268. The number of aromatic nitrogens is 2. The van der Waals surface area contributed by atoms with Crippen molar-refractivity contribution >= 4 is 11.6 Å². The molecule has 0 fully saturated rings. The maximum absolute atomic E-state index is 12.5. The number of benzene rings is 2. The number of carbonyl (C=O) groups is 1. The Labute approximate surface area is 154 Å². The summed E-state index contributed by atoms with van der Waals surface area (Å²) in [6.45, 7) is 8.27. The van der Waals surface area contributed by atoms with Crippen LogP contribution in [0.2, 0.25) is 0 Å². The number of amides is 1. The summed E-state index contributed by atoms with van der Waals surface area (Å²) in [5.74, 6) is 0.454. The second-order valence-corrected chi connectivity index (χ2v) is 6.90. The van der Waals surface area contributed by atoms with Crippen molar-refractivity contribution in [3.8, 4) is 5.69 Å². The van der Waals surface area contributed by atoms with Crippen molar-refractivity contribution in [2.45, 2.75) is 40.0 Å². The summed E-state index contributed by atoms with van der Waals surface area (Å²) in [6.07, 6.45) is 0.316. The molecule has 1 N–H and O–H groups in total. The summed E-state index contributed by atoms with van der Waals surface area (Å²) in [4.78, 5) is 12.5. The van der Waals surface area contributed by atoms with Crippen molar-refractivity contribution < 1.29 is 4.79 Å². The van der Waals surface area contributed by atoms with Gasteiger partial charge in [0.25, 0.3) is 0 Å². The zero-order chi connectivity index (χ0) is 18.7. The third kappa shape index (κ3) is 3.85. The van der Waals surface area contributed by atoms with Gasteiger partial charge < -0.3 is 5.32 Å². The summed E-state index contributed by atoms with van der Waals surface area (Å²) in [7, 11) is 0. The van der Waals surface area contributed by atoms with E-state index in [1.54, 1.807) is 0 Å². The number of hydrogen-bond donors (Lipinski definition) is 1. The van der Waals surface area contributed by atoms with Gasteiger partial charge in [-0.05, 0) is 49.6 Å². The van der Waals surface area contributed by atoms with E-state index < -0.39 is 0 Å². The van der Waals surface area contributed by atoms with E-state index in [2.05, 4.69) is 36.4 Å². The molecule has 0 atom stereocenters. The Morgan fingerprint density at radius 3 is 2.31 bits per heavy atom. The van der Waals surface area contributed by atoms with Crippen LogP contribution in [0.3, 0.4) is 0 Å². The van der Waals surface area contributed by atoms with Gasteiger partial charge >= 0.3 is 0 Å². The maximum atomic E-state index is 12.5. The second kappa shape index (κ2) is 7.56. The Kier molecular flexibility index (Phi) is 5.21. The predicted octanol–water partition coefficient (Wildman–Crippen LogP) is 4.79. The molecule has 4 nitrogen and oxygen atoms in total. The third-order valence-electron chi connectivity index (χ3n) is 4.64. The molecule has 2 aromatic carbocycles. The minimum Gasteiger partial charge on any atom is -0.326 e. The molecule has 0 unspecified atom stereocenters. The van der Waals surface area contributed by atoms with Gasteiger partial charge in [0.1, 0.15) is 0 Å². The van der Waals surface area contributed by atoms with Crippen LogP contribution in [0.5, 0.6) is 0 Å². The van der Waals surface area contributed by atoms with Crippen LogP contribution in [-0.4, -0.2) is 15.7 Å². The summed E-state index contributed by atoms with van der Waals surface area (Å²) < 4.78 is 1.90. The first-order chi connectivity index (χ1) is 12.5. The smallest absolute Gasteiger partial charge is 0.228 e. The van der Waals surface area contributed by atoms with Gasteiger partial charge in [0, 0.05) is 16.9 Å². The number of rotatable bonds is 5. The van der Waals surface area contributed by atoms with Crippen molar-refractivity contribution in [1.29, 1.82) is 0 Å². The fourth-order valence-corrected chi connectivity index (χ4v) is 3.07. The van der Waals surface area contributed by atoms with Gasteiger partial charge in [0.05, 0.1) is 17.8 Å². The first kappa shape index (κ1) is 17.9. The van der Waals surface area contributed by atoms with Gasteiger partial charge in [-0.1, -0.05) is 44.2 Å². The molecule has 0 spiro atoms. The zero-order valence-corrected chi connectivity index (χ0v) is 15.8. The Balaban J connectivity index is 1.74. The summed E-state index contributed by atoms with van der Waals surface area (Å²) in [5.41, 5.74) is 5.95. The van der Waals surface area contributed by atoms with Crippen LogP contribution in [0.25, 0.3) is 5.69 Å². The Hall–Kier alpha value is -2.88. The molecule has 0 saturated heterocycles. The molecule has 1 heterocycles. The molecule has 0 bridgehead atoms. The van der Waals surface area contributed by atoms with Crippen LogP contribution < -0.4 is 5.32 Å². The van der Waals surface area contributed by atoms with Crippen molar-refractivity contribution in [2.75, 3.05) is 5.32 Å². The maximum Gasteiger partial charge on any atom is 0.228 e. The molecule has 1 amide bonds. The van der Waals surface area contributed by atoms with Crippen LogP contribution in [0, 0.1) is 13.8 Å². The predicted molar refractivity (Wildman–Crippen MR) is 106 cm³/mol. The van der Waals surface area contributed by atoms with E-state index in [1.165, 1.54) is 5.56 Å².